The van der Waals surface area contributed by atoms with E-state index in [0.717, 1.165) is 24.4 Å². The Morgan fingerprint density at radius 2 is 1.81 bits per heavy atom. The molecule has 0 spiro atoms. The van der Waals surface area contributed by atoms with Crippen molar-refractivity contribution in [2.75, 3.05) is 39.5 Å². The molecule has 1 heterocycles. The molecule has 0 unspecified atom stereocenters. The molecule has 0 aliphatic rings. The maximum Gasteiger partial charge on any atom is 0.243 e. The molecule has 0 bridgehead atoms. The van der Waals surface area contributed by atoms with E-state index in [4.69, 9.17) is 0 Å². The minimum atomic E-state index is -0.0283. The maximum atomic E-state index is 11.8. The number of hydrogen-bond donors (Lipinski definition) is 2. The second kappa shape index (κ2) is 12.0. The van der Waals surface area contributed by atoms with Gasteiger partial charge < -0.3 is 15.5 Å². The largest absolute Gasteiger partial charge is 0.356 e. The van der Waals surface area contributed by atoms with Gasteiger partial charge in [-0.1, -0.05) is 24.3 Å². The standard InChI is InChI=1S/C20H27N5OS/c1-25(2)19(26)16-24-20(22-13-11-17-8-6-7-12-21-17)23-14-15-27-18-9-4-3-5-10-18/h3-10,12H,11,13-16H2,1-2H3,(H2,22,23,24). The van der Waals surface area contributed by atoms with Gasteiger partial charge in [0.15, 0.2) is 5.96 Å². The van der Waals surface area contributed by atoms with Crippen molar-refractivity contribution in [3.05, 3.63) is 60.4 Å². The number of likely N-dealkylation sites (N-methyl/N-ethyl adjacent to an activating group) is 1. The van der Waals surface area contributed by atoms with E-state index in [1.807, 2.05) is 36.4 Å². The number of hydrogen-bond acceptors (Lipinski definition) is 4. The number of thioether (sulfide) groups is 1. The van der Waals surface area contributed by atoms with Gasteiger partial charge in [0.25, 0.3) is 0 Å². The molecular formula is C20H27N5OS. The van der Waals surface area contributed by atoms with Crippen LogP contribution in [0.15, 0.2) is 64.6 Å². The molecule has 2 aromatic rings. The van der Waals surface area contributed by atoms with Crippen LogP contribution >= 0.6 is 11.8 Å². The zero-order valence-electron chi connectivity index (χ0n) is 15.9. The monoisotopic (exact) mass is 385 g/mol. The molecule has 7 heteroatoms. The van der Waals surface area contributed by atoms with Gasteiger partial charge >= 0.3 is 0 Å². The number of carbonyl (C=O) groups excluding carboxylic acids is 1. The lowest BCUT2D eigenvalue weighted by atomic mass is 10.3. The van der Waals surface area contributed by atoms with Crippen molar-refractivity contribution in [1.29, 1.82) is 0 Å². The summed E-state index contributed by atoms with van der Waals surface area (Å²) >= 11 is 1.78. The summed E-state index contributed by atoms with van der Waals surface area (Å²) in [6.07, 6.45) is 2.58. The third-order valence-electron chi connectivity index (χ3n) is 3.68. The highest BCUT2D eigenvalue weighted by molar-refractivity contribution is 7.99. The number of rotatable bonds is 9. The highest BCUT2D eigenvalue weighted by Gasteiger charge is 2.05. The average Bonchev–Trinajstić information content (AvgIpc) is 2.70. The summed E-state index contributed by atoms with van der Waals surface area (Å²) in [6, 6.07) is 16.2. The van der Waals surface area contributed by atoms with E-state index in [9.17, 15) is 4.79 Å². The van der Waals surface area contributed by atoms with Crippen molar-refractivity contribution in [3.63, 3.8) is 0 Å². The number of amides is 1. The van der Waals surface area contributed by atoms with Crippen LogP contribution in [0.4, 0.5) is 0 Å². The predicted octanol–water partition coefficient (Wildman–Crippen LogP) is 2.04. The molecule has 1 amide bonds. The summed E-state index contributed by atoms with van der Waals surface area (Å²) in [4.78, 5) is 23.3. The molecule has 6 nitrogen and oxygen atoms in total. The van der Waals surface area contributed by atoms with E-state index < -0.39 is 0 Å². The van der Waals surface area contributed by atoms with E-state index in [-0.39, 0.29) is 12.5 Å². The SMILES string of the molecule is CN(C)C(=O)CN=C(NCCSc1ccccc1)NCCc1ccccn1. The number of benzene rings is 1. The van der Waals surface area contributed by atoms with E-state index >= 15 is 0 Å². The first kappa shape index (κ1) is 20.8. The van der Waals surface area contributed by atoms with Gasteiger partial charge in [0.1, 0.15) is 6.54 Å². The van der Waals surface area contributed by atoms with E-state index in [1.165, 1.54) is 4.90 Å². The van der Waals surface area contributed by atoms with Gasteiger partial charge in [-0.2, -0.15) is 0 Å². The molecule has 2 rings (SSSR count). The van der Waals surface area contributed by atoms with Crippen molar-refractivity contribution < 1.29 is 4.79 Å². The quantitative estimate of drug-likeness (QED) is 0.299. The first-order valence-electron chi connectivity index (χ1n) is 8.95. The zero-order valence-corrected chi connectivity index (χ0v) is 16.7. The van der Waals surface area contributed by atoms with Crippen LogP contribution in [-0.4, -0.2) is 61.2 Å². The Bertz CT molecular complexity index is 707. The molecule has 27 heavy (non-hydrogen) atoms. The number of pyridine rings is 1. The Labute approximate surface area is 165 Å². The lowest BCUT2D eigenvalue weighted by Crippen LogP contribution is -2.40. The molecule has 0 atom stereocenters. The average molecular weight is 386 g/mol. The van der Waals surface area contributed by atoms with Gasteiger partial charge in [0, 0.05) is 56.1 Å². The molecule has 1 aromatic carbocycles. The van der Waals surface area contributed by atoms with Crippen LogP contribution < -0.4 is 10.6 Å². The van der Waals surface area contributed by atoms with Gasteiger partial charge in [-0.15, -0.1) is 11.8 Å². The summed E-state index contributed by atoms with van der Waals surface area (Å²) in [5.74, 6) is 1.53. The van der Waals surface area contributed by atoms with Crippen molar-refractivity contribution in [2.45, 2.75) is 11.3 Å². The van der Waals surface area contributed by atoms with Crippen LogP contribution in [0.25, 0.3) is 0 Å². The molecule has 1 aromatic heterocycles. The molecule has 0 saturated heterocycles. The van der Waals surface area contributed by atoms with Crippen molar-refractivity contribution in [3.8, 4) is 0 Å². The Hall–Kier alpha value is -2.54. The van der Waals surface area contributed by atoms with Crippen LogP contribution in [0.2, 0.25) is 0 Å². The fourth-order valence-corrected chi connectivity index (χ4v) is 2.96. The van der Waals surface area contributed by atoms with Gasteiger partial charge in [-0.05, 0) is 24.3 Å². The Morgan fingerprint density at radius 3 is 2.52 bits per heavy atom. The van der Waals surface area contributed by atoms with Gasteiger partial charge in [0.2, 0.25) is 5.91 Å². The third-order valence-corrected chi connectivity index (χ3v) is 4.69. The summed E-state index contributed by atoms with van der Waals surface area (Å²) in [5, 5.41) is 6.58. The number of guanidine groups is 1. The normalized spacial score (nSPS) is 11.1. The molecule has 0 aliphatic carbocycles. The van der Waals surface area contributed by atoms with E-state index in [2.05, 4.69) is 32.7 Å². The Balaban J connectivity index is 1.80. The third kappa shape index (κ3) is 8.59. The number of aromatic nitrogens is 1. The van der Waals surface area contributed by atoms with Gasteiger partial charge in [-0.25, -0.2) is 4.99 Å². The van der Waals surface area contributed by atoms with Crippen molar-refractivity contribution in [2.24, 2.45) is 4.99 Å². The van der Waals surface area contributed by atoms with E-state index in [0.29, 0.717) is 12.5 Å². The smallest absolute Gasteiger partial charge is 0.243 e. The second-order valence-electron chi connectivity index (χ2n) is 6.04. The highest BCUT2D eigenvalue weighted by Crippen LogP contribution is 2.15. The Kier molecular flexibility index (Phi) is 9.20. The van der Waals surface area contributed by atoms with Gasteiger partial charge in [0.05, 0.1) is 0 Å². The fourth-order valence-electron chi connectivity index (χ4n) is 2.17. The molecule has 0 radical (unpaired) electrons. The number of carbonyl (C=O) groups is 1. The molecule has 0 fully saturated rings. The van der Waals surface area contributed by atoms with Gasteiger partial charge in [-0.3, -0.25) is 9.78 Å². The lowest BCUT2D eigenvalue weighted by Gasteiger charge is -2.13. The number of aliphatic imine (C=N–C) groups is 1. The maximum absolute atomic E-state index is 11.8. The lowest BCUT2D eigenvalue weighted by molar-refractivity contribution is -0.127. The Morgan fingerprint density at radius 1 is 1.07 bits per heavy atom. The van der Waals surface area contributed by atoms with Crippen LogP contribution in [-0.2, 0) is 11.2 Å². The number of nitrogens with one attached hydrogen (secondary N) is 2. The second-order valence-corrected chi connectivity index (χ2v) is 7.21. The minimum absolute atomic E-state index is 0.0283. The molecule has 2 N–H and O–H groups in total. The fraction of sp³-hybridized carbons (Fsp3) is 0.350. The summed E-state index contributed by atoms with van der Waals surface area (Å²) in [6.45, 7) is 1.58. The zero-order chi connectivity index (χ0) is 19.3. The molecule has 0 saturated carbocycles. The summed E-state index contributed by atoms with van der Waals surface area (Å²) < 4.78 is 0. The molecule has 0 aliphatic heterocycles. The van der Waals surface area contributed by atoms with Crippen LogP contribution in [0.3, 0.4) is 0 Å². The molecule has 144 valence electrons. The predicted molar refractivity (Wildman–Crippen MR) is 112 cm³/mol. The first-order valence-corrected chi connectivity index (χ1v) is 9.94. The first-order chi connectivity index (χ1) is 13.1. The minimum Gasteiger partial charge on any atom is -0.356 e. The van der Waals surface area contributed by atoms with Crippen LogP contribution in [0.1, 0.15) is 5.69 Å². The molecular weight excluding hydrogens is 358 g/mol. The highest BCUT2D eigenvalue weighted by atomic mass is 32.2. The topological polar surface area (TPSA) is 69.6 Å². The van der Waals surface area contributed by atoms with E-state index in [1.54, 1.807) is 37.0 Å². The summed E-state index contributed by atoms with van der Waals surface area (Å²) in [7, 11) is 3.46. The summed E-state index contributed by atoms with van der Waals surface area (Å²) in [5.41, 5.74) is 1.02. The van der Waals surface area contributed by atoms with Crippen LogP contribution in [0.5, 0.6) is 0 Å². The van der Waals surface area contributed by atoms with Crippen LogP contribution in [0, 0.1) is 0 Å². The van der Waals surface area contributed by atoms with Crippen molar-refractivity contribution in [1.82, 2.24) is 20.5 Å². The number of nitrogens with zero attached hydrogens (tertiary/aromatic N) is 3. The van der Waals surface area contributed by atoms with Crippen molar-refractivity contribution >= 4 is 23.6 Å².